The highest BCUT2D eigenvalue weighted by atomic mass is 16.6. The van der Waals surface area contributed by atoms with Crippen molar-refractivity contribution in [1.29, 1.82) is 0 Å². The summed E-state index contributed by atoms with van der Waals surface area (Å²) in [5.74, 6) is 0. The van der Waals surface area contributed by atoms with Crippen molar-refractivity contribution in [3.05, 3.63) is 0 Å². The predicted molar refractivity (Wildman–Crippen MR) is 15.4 cm³/mol. The standard InChI is InChI=1S/C3H6O/c1-3-2-4-3/h3H,2H2,1H3/i2D2. The Morgan fingerprint density at radius 1 is 2.50 bits per heavy atom. The summed E-state index contributed by atoms with van der Waals surface area (Å²) in [5, 5.41) is 0. The van der Waals surface area contributed by atoms with Gasteiger partial charge >= 0.3 is 0 Å². The number of hydrogen-bond donors (Lipinski definition) is 0. The molecule has 0 N–H and O–H groups in total. The maximum Gasteiger partial charge on any atom is 0.0781 e. The number of rotatable bonds is 0. The van der Waals surface area contributed by atoms with Gasteiger partial charge in [-0.3, -0.25) is 0 Å². The van der Waals surface area contributed by atoms with Crippen molar-refractivity contribution in [2.24, 2.45) is 0 Å². The van der Waals surface area contributed by atoms with Crippen LogP contribution in [-0.4, -0.2) is 12.7 Å². The molecule has 1 fully saturated rings. The third kappa shape index (κ3) is 0.206. The molecule has 1 aliphatic heterocycles. The van der Waals surface area contributed by atoms with E-state index in [4.69, 9.17) is 2.74 Å². The highest BCUT2D eigenvalue weighted by Gasteiger charge is 2.13. The maximum atomic E-state index is 6.70. The topological polar surface area (TPSA) is 12.5 Å². The number of epoxide rings is 1. The van der Waals surface area contributed by atoms with Crippen molar-refractivity contribution >= 4 is 0 Å². The zero-order valence-electron chi connectivity index (χ0n) is 4.49. The molecule has 24 valence electrons. The quantitative estimate of drug-likeness (QED) is 0.369. The van der Waals surface area contributed by atoms with Crippen LogP contribution in [0.1, 0.15) is 9.67 Å². The molecule has 1 atom stereocenters. The van der Waals surface area contributed by atoms with E-state index in [1.54, 1.807) is 6.92 Å². The van der Waals surface area contributed by atoms with Gasteiger partial charge in [0, 0.05) is 0 Å². The molecule has 1 unspecified atom stereocenters. The second-order valence-electron chi connectivity index (χ2n) is 0.878. The third-order valence-electron chi connectivity index (χ3n) is 0.354. The van der Waals surface area contributed by atoms with Gasteiger partial charge in [0.05, 0.1) is 15.4 Å². The summed E-state index contributed by atoms with van der Waals surface area (Å²) in [6.07, 6.45) is -0.169. The molecule has 0 spiro atoms. The third-order valence-corrected chi connectivity index (χ3v) is 0.354. The summed E-state index contributed by atoms with van der Waals surface area (Å²) < 4.78 is 17.8. The maximum absolute atomic E-state index is 6.70. The fourth-order valence-corrected chi connectivity index (χ4v) is 0.0680. The Kier molecular flexibility index (Phi) is 0.113. The highest BCUT2D eigenvalue weighted by molar-refractivity contribution is 4.58. The van der Waals surface area contributed by atoms with Gasteiger partial charge in [0.1, 0.15) is 0 Å². The van der Waals surface area contributed by atoms with Crippen LogP contribution in [0.2, 0.25) is 0 Å². The van der Waals surface area contributed by atoms with E-state index in [2.05, 4.69) is 4.74 Å². The summed E-state index contributed by atoms with van der Waals surface area (Å²) in [6, 6.07) is 0. The fraction of sp³-hybridized carbons (Fsp3) is 1.00. The Morgan fingerprint density at radius 3 is 2.75 bits per heavy atom. The van der Waals surface area contributed by atoms with Gasteiger partial charge in [0.2, 0.25) is 0 Å². The Balaban J connectivity index is 2.41. The molecule has 0 aromatic carbocycles. The molecule has 1 saturated heterocycles. The average Bonchev–Trinajstić information content (AvgIpc) is 1.73. The van der Waals surface area contributed by atoms with Gasteiger partial charge in [-0.2, -0.15) is 0 Å². The van der Waals surface area contributed by atoms with E-state index in [1.807, 2.05) is 0 Å². The van der Waals surface area contributed by atoms with Gasteiger partial charge in [-0.25, -0.2) is 0 Å². The zero-order valence-corrected chi connectivity index (χ0v) is 2.49. The van der Waals surface area contributed by atoms with Crippen molar-refractivity contribution in [3.63, 3.8) is 0 Å². The summed E-state index contributed by atoms with van der Waals surface area (Å²) >= 11 is 0. The predicted octanol–water partition coefficient (Wildman–Crippen LogP) is 0.405. The zero-order chi connectivity index (χ0) is 4.78. The van der Waals surface area contributed by atoms with E-state index >= 15 is 0 Å². The lowest BCUT2D eigenvalue weighted by Gasteiger charge is -1.50. The van der Waals surface area contributed by atoms with Crippen LogP contribution >= 0.6 is 0 Å². The second-order valence-corrected chi connectivity index (χ2v) is 0.878. The van der Waals surface area contributed by atoms with Crippen LogP contribution in [0.4, 0.5) is 0 Å². The van der Waals surface area contributed by atoms with E-state index in [1.165, 1.54) is 0 Å². The Labute approximate surface area is 28.4 Å². The molecular weight excluding hydrogens is 52.0 g/mol. The largest absolute Gasteiger partial charge is 0.373 e. The van der Waals surface area contributed by atoms with Gasteiger partial charge < -0.3 is 4.74 Å². The van der Waals surface area contributed by atoms with Crippen LogP contribution in [0.3, 0.4) is 0 Å². The minimum Gasteiger partial charge on any atom is -0.373 e. The van der Waals surface area contributed by atoms with Crippen LogP contribution in [-0.2, 0) is 4.74 Å². The van der Waals surface area contributed by atoms with E-state index in [-0.39, 0.29) is 6.10 Å². The van der Waals surface area contributed by atoms with Crippen molar-refractivity contribution in [1.82, 2.24) is 0 Å². The van der Waals surface area contributed by atoms with Gasteiger partial charge in [-0.05, 0) is 6.92 Å². The normalized spacial score (nSPS) is 59.8. The molecule has 0 aromatic heterocycles. The van der Waals surface area contributed by atoms with Crippen LogP contribution in [0, 0.1) is 0 Å². The minimum absolute atomic E-state index is 0.169. The van der Waals surface area contributed by atoms with Crippen molar-refractivity contribution in [2.45, 2.75) is 13.0 Å². The van der Waals surface area contributed by atoms with Crippen LogP contribution in [0.25, 0.3) is 0 Å². The summed E-state index contributed by atoms with van der Waals surface area (Å²) in [5.41, 5.74) is 0. The van der Waals surface area contributed by atoms with Gasteiger partial charge in [0.15, 0.2) is 0 Å². The molecule has 1 rings (SSSR count). The van der Waals surface area contributed by atoms with Gasteiger partial charge in [-0.15, -0.1) is 0 Å². The average molecular weight is 60.1 g/mol. The summed E-state index contributed by atoms with van der Waals surface area (Å²) in [4.78, 5) is 0. The molecular formula is C3H6O. The Bertz CT molecular complexity index is 71.2. The lowest BCUT2D eigenvalue weighted by molar-refractivity contribution is 0.423. The minimum atomic E-state index is -1.29. The molecule has 1 aliphatic rings. The van der Waals surface area contributed by atoms with E-state index in [0.717, 1.165) is 0 Å². The van der Waals surface area contributed by atoms with Gasteiger partial charge in [0.25, 0.3) is 0 Å². The molecule has 0 amide bonds. The van der Waals surface area contributed by atoms with E-state index in [9.17, 15) is 0 Å². The molecule has 0 radical (unpaired) electrons. The fourth-order valence-electron chi connectivity index (χ4n) is 0.0680. The van der Waals surface area contributed by atoms with Crippen LogP contribution < -0.4 is 0 Å². The molecule has 1 heteroatoms. The molecule has 1 heterocycles. The molecule has 0 saturated carbocycles. The summed E-state index contributed by atoms with van der Waals surface area (Å²) in [6.45, 7) is 0.417. The SMILES string of the molecule is [2H]C1([2H])OC1C. The Hall–Kier alpha value is -0.0400. The highest BCUT2D eigenvalue weighted by Crippen LogP contribution is 2.04. The van der Waals surface area contributed by atoms with Crippen molar-refractivity contribution in [2.75, 3.05) is 6.56 Å². The molecule has 0 aliphatic carbocycles. The first-order valence-corrected chi connectivity index (χ1v) is 1.31. The lowest BCUT2D eigenvalue weighted by atomic mass is 10.6. The van der Waals surface area contributed by atoms with Crippen LogP contribution in [0.15, 0.2) is 0 Å². The monoisotopic (exact) mass is 60.1 g/mol. The molecule has 0 aromatic rings. The van der Waals surface area contributed by atoms with E-state index < -0.39 is 6.56 Å². The first-order chi connectivity index (χ1) is 2.63. The second kappa shape index (κ2) is 0.462. The molecule has 1 nitrogen and oxygen atoms in total. The number of hydrogen-bond acceptors (Lipinski definition) is 1. The first kappa shape index (κ1) is 0.977. The van der Waals surface area contributed by atoms with Crippen LogP contribution in [0.5, 0.6) is 0 Å². The smallest absolute Gasteiger partial charge is 0.0781 e. The van der Waals surface area contributed by atoms with Crippen molar-refractivity contribution in [3.8, 4) is 0 Å². The summed E-state index contributed by atoms with van der Waals surface area (Å²) in [7, 11) is 0. The first-order valence-electron chi connectivity index (χ1n) is 2.31. The van der Waals surface area contributed by atoms with Crippen molar-refractivity contribution < 1.29 is 7.48 Å². The molecule has 0 bridgehead atoms. The Morgan fingerprint density at radius 2 is 2.75 bits per heavy atom. The molecule has 4 heavy (non-hydrogen) atoms. The lowest BCUT2D eigenvalue weighted by Crippen LogP contribution is -1.60. The van der Waals surface area contributed by atoms with Gasteiger partial charge in [-0.1, -0.05) is 0 Å². The number of ether oxygens (including phenoxy) is 1. The van der Waals surface area contributed by atoms with E-state index in [0.29, 0.717) is 0 Å².